The molecule has 0 bridgehead atoms. The number of benzene rings is 1. The zero-order valence-corrected chi connectivity index (χ0v) is 16.4. The smallest absolute Gasteiger partial charge is 0.294 e. The molecule has 0 aliphatic carbocycles. The summed E-state index contributed by atoms with van der Waals surface area (Å²) in [6.45, 7) is 3.31. The third kappa shape index (κ3) is 3.76. The molecule has 0 spiro atoms. The normalized spacial score (nSPS) is 16.5. The Kier molecular flexibility index (Phi) is 5.24. The van der Waals surface area contributed by atoms with Gasteiger partial charge in [-0.3, -0.25) is 19.0 Å². The van der Waals surface area contributed by atoms with Gasteiger partial charge >= 0.3 is 0 Å². The van der Waals surface area contributed by atoms with Gasteiger partial charge in [0.1, 0.15) is 23.2 Å². The number of likely N-dealkylation sites (N-methyl/N-ethyl adjacent to an activating group) is 1. The average molecular weight is 412 g/mol. The number of hydrogen-bond acceptors (Lipinski definition) is 6. The van der Waals surface area contributed by atoms with E-state index in [0.717, 1.165) is 4.90 Å². The van der Waals surface area contributed by atoms with Crippen LogP contribution >= 0.6 is 0 Å². The maximum absolute atomic E-state index is 12.6. The number of carbonyl (C=O) groups excluding carboxylic acids is 2. The van der Waals surface area contributed by atoms with Crippen molar-refractivity contribution in [3.8, 4) is 17.4 Å². The molecule has 2 amide bonds. The van der Waals surface area contributed by atoms with Crippen molar-refractivity contribution >= 4 is 28.0 Å². The number of nitriles is 1. The predicted octanol–water partition coefficient (Wildman–Crippen LogP) is 2.81. The molecule has 29 heavy (non-hydrogen) atoms. The van der Waals surface area contributed by atoms with Crippen LogP contribution in [0.1, 0.15) is 19.6 Å². The minimum Gasteiger partial charge on any atom is -0.457 e. The first-order valence-electron chi connectivity index (χ1n) is 8.54. The Morgan fingerprint density at radius 2 is 1.79 bits per heavy atom. The maximum Gasteiger partial charge on any atom is 0.294 e. The van der Waals surface area contributed by atoms with E-state index in [4.69, 9.17) is 8.97 Å². The highest BCUT2D eigenvalue weighted by atomic mass is 32.2. The Morgan fingerprint density at radius 3 is 2.34 bits per heavy atom. The van der Waals surface area contributed by atoms with Gasteiger partial charge in [-0.1, -0.05) is 0 Å². The molecule has 1 N–H and O–H groups in total. The molecule has 9 heteroatoms. The first kappa shape index (κ1) is 20.3. The first-order valence-corrected chi connectivity index (χ1v) is 9.98. The van der Waals surface area contributed by atoms with Gasteiger partial charge in [0.2, 0.25) is 0 Å². The molecule has 0 radical (unpaired) electrons. The van der Waals surface area contributed by atoms with E-state index < -0.39 is 21.9 Å². The standard InChI is InChI=1S/C20H16N2O6S/c1-3-22-19(23)16(12(2)17(11-21)20(22)24)10-14-6-9-18(28-14)13-4-7-15(8-5-13)29(25,26)27/h4-10H,3H2,1-2H3,(H,25,26,27)/b16-10+. The van der Waals surface area contributed by atoms with Crippen LogP contribution < -0.4 is 0 Å². The van der Waals surface area contributed by atoms with E-state index in [1.54, 1.807) is 19.1 Å². The topological polar surface area (TPSA) is 129 Å². The number of rotatable bonds is 4. The van der Waals surface area contributed by atoms with Crippen molar-refractivity contribution < 1.29 is 27.0 Å². The zero-order valence-electron chi connectivity index (χ0n) is 15.5. The molecule has 2 aromatic rings. The van der Waals surface area contributed by atoms with E-state index in [2.05, 4.69) is 0 Å². The summed E-state index contributed by atoms with van der Waals surface area (Å²) in [4.78, 5) is 25.6. The highest BCUT2D eigenvalue weighted by Gasteiger charge is 2.34. The van der Waals surface area contributed by atoms with E-state index in [1.807, 2.05) is 6.07 Å². The molecule has 1 aliphatic heterocycles. The van der Waals surface area contributed by atoms with Gasteiger partial charge in [-0.15, -0.1) is 0 Å². The molecule has 0 fully saturated rings. The zero-order chi connectivity index (χ0) is 21.3. The van der Waals surface area contributed by atoms with Crippen molar-refractivity contribution in [1.82, 2.24) is 4.90 Å². The van der Waals surface area contributed by atoms with Crippen LogP contribution in [0.25, 0.3) is 17.4 Å². The molecule has 0 saturated carbocycles. The largest absolute Gasteiger partial charge is 0.457 e. The fourth-order valence-corrected chi connectivity index (χ4v) is 3.42. The molecule has 1 aromatic heterocycles. The number of imide groups is 1. The summed E-state index contributed by atoms with van der Waals surface area (Å²) in [5, 5.41) is 9.27. The molecule has 8 nitrogen and oxygen atoms in total. The van der Waals surface area contributed by atoms with Gasteiger partial charge in [-0.2, -0.15) is 13.7 Å². The Labute approximate surface area is 167 Å². The molecule has 2 heterocycles. The fourth-order valence-electron chi connectivity index (χ4n) is 2.94. The highest BCUT2D eigenvalue weighted by molar-refractivity contribution is 7.85. The molecule has 0 atom stereocenters. The minimum absolute atomic E-state index is 0.0923. The second-order valence-corrected chi connectivity index (χ2v) is 7.65. The van der Waals surface area contributed by atoms with Crippen molar-refractivity contribution in [1.29, 1.82) is 5.26 Å². The summed E-state index contributed by atoms with van der Waals surface area (Å²) in [5.41, 5.74) is 0.936. The SMILES string of the molecule is CCN1C(=O)C(C#N)=C(C)/C(=C\c2ccc(-c3ccc(S(=O)(=O)O)cc3)o2)C1=O. The lowest BCUT2D eigenvalue weighted by Gasteiger charge is -2.25. The van der Waals surface area contributed by atoms with Crippen LogP contribution in [0.3, 0.4) is 0 Å². The van der Waals surface area contributed by atoms with Gasteiger partial charge in [0.15, 0.2) is 0 Å². The van der Waals surface area contributed by atoms with Crippen LogP contribution in [0.5, 0.6) is 0 Å². The van der Waals surface area contributed by atoms with Gasteiger partial charge in [-0.05, 0) is 61.9 Å². The van der Waals surface area contributed by atoms with E-state index >= 15 is 0 Å². The lowest BCUT2D eigenvalue weighted by atomic mass is 9.95. The van der Waals surface area contributed by atoms with Crippen molar-refractivity contribution in [3.05, 3.63) is 58.9 Å². The average Bonchev–Trinajstić information content (AvgIpc) is 3.14. The summed E-state index contributed by atoms with van der Waals surface area (Å²) in [6, 6.07) is 10.5. The quantitative estimate of drug-likeness (QED) is 0.464. The van der Waals surface area contributed by atoms with E-state index in [1.165, 1.54) is 37.3 Å². The summed E-state index contributed by atoms with van der Waals surface area (Å²) in [6.07, 6.45) is 1.46. The van der Waals surface area contributed by atoms with Gasteiger partial charge in [0, 0.05) is 17.7 Å². The second-order valence-electron chi connectivity index (χ2n) is 6.23. The Bertz CT molecular complexity index is 1210. The van der Waals surface area contributed by atoms with Gasteiger partial charge in [-0.25, -0.2) is 0 Å². The van der Waals surface area contributed by atoms with Gasteiger partial charge in [0.05, 0.1) is 4.90 Å². The number of hydrogen-bond donors (Lipinski definition) is 1. The van der Waals surface area contributed by atoms with Crippen LogP contribution in [0.4, 0.5) is 0 Å². The van der Waals surface area contributed by atoms with Crippen LogP contribution in [-0.2, 0) is 19.7 Å². The lowest BCUT2D eigenvalue weighted by Crippen LogP contribution is -2.42. The van der Waals surface area contributed by atoms with Crippen LogP contribution in [0.2, 0.25) is 0 Å². The summed E-state index contributed by atoms with van der Waals surface area (Å²) in [5.74, 6) is -0.394. The molecule has 1 aromatic carbocycles. The van der Waals surface area contributed by atoms with Gasteiger partial charge < -0.3 is 4.42 Å². The fraction of sp³-hybridized carbons (Fsp3) is 0.150. The number of amides is 2. The first-order chi connectivity index (χ1) is 13.7. The highest BCUT2D eigenvalue weighted by Crippen LogP contribution is 2.29. The maximum atomic E-state index is 12.6. The third-order valence-corrected chi connectivity index (χ3v) is 5.36. The van der Waals surface area contributed by atoms with E-state index in [-0.39, 0.29) is 28.2 Å². The molecule has 3 rings (SSSR count). The van der Waals surface area contributed by atoms with Crippen molar-refractivity contribution in [3.63, 3.8) is 0 Å². The van der Waals surface area contributed by atoms with Crippen molar-refractivity contribution in [2.45, 2.75) is 18.7 Å². The van der Waals surface area contributed by atoms with Crippen LogP contribution in [0, 0.1) is 11.3 Å². The lowest BCUT2D eigenvalue weighted by molar-refractivity contribution is -0.140. The number of nitrogens with zero attached hydrogens (tertiary/aromatic N) is 2. The van der Waals surface area contributed by atoms with Crippen molar-refractivity contribution in [2.75, 3.05) is 6.54 Å². The van der Waals surface area contributed by atoms with Crippen LogP contribution in [0.15, 0.2) is 62.4 Å². The summed E-state index contributed by atoms with van der Waals surface area (Å²) in [7, 11) is -4.29. The predicted molar refractivity (Wildman–Crippen MR) is 103 cm³/mol. The van der Waals surface area contributed by atoms with Crippen molar-refractivity contribution in [2.24, 2.45) is 0 Å². The number of carbonyl (C=O) groups is 2. The van der Waals surface area contributed by atoms with E-state index in [9.17, 15) is 23.3 Å². The second kappa shape index (κ2) is 7.50. The minimum atomic E-state index is -4.29. The molecular weight excluding hydrogens is 396 g/mol. The third-order valence-electron chi connectivity index (χ3n) is 4.49. The monoisotopic (exact) mass is 412 g/mol. The molecule has 1 aliphatic rings. The molecule has 148 valence electrons. The molecular formula is C20H16N2O6S. The molecule has 0 saturated heterocycles. The summed E-state index contributed by atoms with van der Waals surface area (Å²) >= 11 is 0. The molecule has 0 unspecified atom stereocenters. The Balaban J connectivity index is 1.99. The Hall–Kier alpha value is -3.48. The van der Waals surface area contributed by atoms with E-state index in [0.29, 0.717) is 17.1 Å². The van der Waals surface area contributed by atoms with Gasteiger partial charge in [0.25, 0.3) is 21.9 Å². The van der Waals surface area contributed by atoms with Crippen LogP contribution in [-0.4, -0.2) is 36.2 Å². The Morgan fingerprint density at radius 1 is 1.14 bits per heavy atom. The number of furan rings is 1. The summed E-state index contributed by atoms with van der Waals surface area (Å²) < 4.78 is 37.0.